The largest absolute Gasteiger partial charge is 1.00 e. The Morgan fingerprint density at radius 3 is 1.94 bits per heavy atom. The van der Waals surface area contributed by atoms with Gasteiger partial charge in [-0.05, 0) is 44.9 Å². The highest BCUT2D eigenvalue weighted by molar-refractivity contribution is 7.15. The van der Waals surface area contributed by atoms with Gasteiger partial charge in [-0.25, -0.2) is 4.57 Å². The Kier molecular flexibility index (Phi) is 14.5. The van der Waals surface area contributed by atoms with Crippen LogP contribution in [-0.4, -0.2) is 13.1 Å². The quantitative estimate of drug-likeness (QED) is 0.237. The van der Waals surface area contributed by atoms with Crippen LogP contribution in [0, 0.1) is 0 Å². The SMILES string of the molecule is CCCCCCCCCCCCCCCCN1CCCC[n+]2c1sc1c2CCCC1.[Br-]. The molecule has 0 bridgehead atoms. The fraction of sp³-hybridized carbons (Fsp3) is 0.889. The van der Waals surface area contributed by atoms with E-state index in [-0.39, 0.29) is 17.0 Å². The predicted octanol–water partition coefficient (Wildman–Crippen LogP) is 5.00. The van der Waals surface area contributed by atoms with Crippen molar-refractivity contribution in [1.82, 2.24) is 0 Å². The molecule has 2 aliphatic rings. The molecule has 0 amide bonds. The lowest BCUT2D eigenvalue weighted by Gasteiger charge is -2.14. The van der Waals surface area contributed by atoms with Crippen molar-refractivity contribution in [3.8, 4) is 0 Å². The molecule has 2 heterocycles. The van der Waals surface area contributed by atoms with Crippen molar-refractivity contribution < 1.29 is 21.5 Å². The molecule has 0 aromatic carbocycles. The van der Waals surface area contributed by atoms with E-state index in [1.54, 1.807) is 15.7 Å². The van der Waals surface area contributed by atoms with Gasteiger partial charge in [0.15, 0.2) is 0 Å². The number of rotatable bonds is 15. The van der Waals surface area contributed by atoms with E-state index < -0.39 is 0 Å². The van der Waals surface area contributed by atoms with Crippen molar-refractivity contribution >= 4 is 16.5 Å². The summed E-state index contributed by atoms with van der Waals surface area (Å²) >= 11 is 2.13. The summed E-state index contributed by atoms with van der Waals surface area (Å²) in [5, 5.41) is 1.61. The smallest absolute Gasteiger partial charge is 0.336 e. The summed E-state index contributed by atoms with van der Waals surface area (Å²) in [7, 11) is 0. The van der Waals surface area contributed by atoms with E-state index in [4.69, 9.17) is 0 Å². The summed E-state index contributed by atoms with van der Waals surface area (Å²) in [6.07, 6.45) is 28.6. The summed E-state index contributed by atoms with van der Waals surface area (Å²) in [6.45, 7) is 6.16. The Bertz CT molecular complexity index is 586. The van der Waals surface area contributed by atoms with Gasteiger partial charge in [0.1, 0.15) is 5.69 Å². The molecule has 0 saturated carbocycles. The Morgan fingerprint density at radius 2 is 1.29 bits per heavy atom. The van der Waals surface area contributed by atoms with Gasteiger partial charge < -0.3 is 17.0 Å². The molecule has 1 aromatic rings. The maximum Gasteiger partial charge on any atom is 0.336 e. The highest BCUT2D eigenvalue weighted by atomic mass is 79.9. The molecule has 0 atom stereocenters. The van der Waals surface area contributed by atoms with E-state index in [1.165, 1.54) is 148 Å². The van der Waals surface area contributed by atoms with Gasteiger partial charge >= 0.3 is 5.13 Å². The number of aryl methyl sites for hydroxylation is 1. The predicted molar refractivity (Wildman–Crippen MR) is 133 cm³/mol. The molecule has 0 unspecified atom stereocenters. The van der Waals surface area contributed by atoms with Crippen LogP contribution in [0.15, 0.2) is 0 Å². The van der Waals surface area contributed by atoms with Crippen LogP contribution in [0.4, 0.5) is 5.13 Å². The van der Waals surface area contributed by atoms with Crippen molar-refractivity contribution in [3.63, 3.8) is 0 Å². The van der Waals surface area contributed by atoms with Crippen LogP contribution >= 0.6 is 11.3 Å². The number of unbranched alkanes of at least 4 members (excludes halogenated alkanes) is 13. The molecule has 3 rings (SSSR count). The van der Waals surface area contributed by atoms with E-state index in [9.17, 15) is 0 Å². The van der Waals surface area contributed by atoms with Crippen molar-refractivity contribution in [2.45, 2.75) is 142 Å². The van der Waals surface area contributed by atoms with Gasteiger partial charge in [0, 0.05) is 6.42 Å². The van der Waals surface area contributed by atoms with Gasteiger partial charge in [0.2, 0.25) is 0 Å². The summed E-state index contributed by atoms with van der Waals surface area (Å²) in [5.41, 5.74) is 1.70. The second kappa shape index (κ2) is 16.5. The Balaban J connectivity index is 0.00000341. The molecular weight excluding hydrogens is 464 g/mol. The van der Waals surface area contributed by atoms with Crippen LogP contribution in [0.3, 0.4) is 0 Å². The number of hydrogen-bond acceptors (Lipinski definition) is 2. The standard InChI is InChI=1S/C27H49N2S.BrH/c1-2-3-4-5-6-7-8-9-10-11-12-13-14-17-22-28-23-18-19-24-29-25-20-15-16-21-26(25)30-27(28)29;/h2-24H2,1H3;1H/q+1;/p-1. The summed E-state index contributed by atoms with van der Waals surface area (Å²) in [4.78, 5) is 4.46. The molecule has 4 heteroatoms. The summed E-state index contributed by atoms with van der Waals surface area (Å²) < 4.78 is 2.72. The molecule has 180 valence electrons. The third kappa shape index (κ3) is 9.35. The molecule has 31 heavy (non-hydrogen) atoms. The number of fused-ring (bicyclic) bond motifs is 3. The fourth-order valence-electron chi connectivity index (χ4n) is 5.38. The molecule has 0 radical (unpaired) electrons. The van der Waals surface area contributed by atoms with E-state index in [1.807, 2.05) is 0 Å². The zero-order chi connectivity index (χ0) is 20.9. The molecule has 2 nitrogen and oxygen atoms in total. The minimum atomic E-state index is 0. The molecule has 0 spiro atoms. The Hall–Kier alpha value is -0.0900. The van der Waals surface area contributed by atoms with Crippen LogP contribution in [0.1, 0.15) is 133 Å². The Labute approximate surface area is 208 Å². The first-order valence-corrected chi connectivity index (χ1v) is 14.5. The van der Waals surface area contributed by atoms with E-state index in [0.29, 0.717) is 0 Å². The lowest BCUT2D eigenvalue weighted by molar-refractivity contribution is -0.687. The monoisotopic (exact) mass is 512 g/mol. The van der Waals surface area contributed by atoms with Gasteiger partial charge in [-0.1, -0.05) is 95.3 Å². The number of aromatic nitrogens is 1. The van der Waals surface area contributed by atoms with Gasteiger partial charge in [-0.3, -0.25) is 4.90 Å². The van der Waals surface area contributed by atoms with E-state index in [0.717, 1.165) is 0 Å². The van der Waals surface area contributed by atoms with E-state index >= 15 is 0 Å². The Morgan fingerprint density at radius 1 is 0.710 bits per heavy atom. The number of anilines is 1. The topological polar surface area (TPSA) is 7.12 Å². The fourth-order valence-corrected chi connectivity index (χ4v) is 6.80. The second-order valence-electron chi connectivity index (χ2n) is 9.90. The minimum absolute atomic E-state index is 0. The summed E-state index contributed by atoms with van der Waals surface area (Å²) in [5.74, 6) is 0. The molecule has 1 aliphatic carbocycles. The minimum Gasteiger partial charge on any atom is -1.00 e. The first-order chi connectivity index (χ1) is 14.9. The zero-order valence-corrected chi connectivity index (χ0v) is 22.8. The van der Waals surface area contributed by atoms with Gasteiger partial charge in [0.25, 0.3) is 0 Å². The van der Waals surface area contributed by atoms with Crippen molar-refractivity contribution in [2.75, 3.05) is 18.0 Å². The maximum atomic E-state index is 2.75. The zero-order valence-electron chi connectivity index (χ0n) is 20.4. The normalized spacial score (nSPS) is 15.8. The van der Waals surface area contributed by atoms with Crippen LogP contribution < -0.4 is 26.4 Å². The lowest BCUT2D eigenvalue weighted by atomic mass is 10.0. The third-order valence-electron chi connectivity index (χ3n) is 7.27. The van der Waals surface area contributed by atoms with Crippen LogP contribution in [0.25, 0.3) is 0 Å². The third-order valence-corrected chi connectivity index (χ3v) is 8.62. The number of nitrogens with zero attached hydrogens (tertiary/aromatic N) is 2. The molecule has 0 fully saturated rings. The van der Waals surface area contributed by atoms with Crippen LogP contribution in [0.2, 0.25) is 0 Å². The van der Waals surface area contributed by atoms with E-state index in [2.05, 4.69) is 27.7 Å². The van der Waals surface area contributed by atoms with Crippen LogP contribution in [-0.2, 0) is 19.4 Å². The highest BCUT2D eigenvalue weighted by Crippen LogP contribution is 2.32. The van der Waals surface area contributed by atoms with Crippen molar-refractivity contribution in [1.29, 1.82) is 0 Å². The second-order valence-corrected chi connectivity index (χ2v) is 11.0. The van der Waals surface area contributed by atoms with Crippen molar-refractivity contribution in [3.05, 3.63) is 10.6 Å². The summed E-state index contributed by atoms with van der Waals surface area (Å²) in [6, 6.07) is 0. The first-order valence-electron chi connectivity index (χ1n) is 13.7. The molecule has 0 saturated heterocycles. The molecular formula is C27H49BrN2S. The van der Waals surface area contributed by atoms with Crippen LogP contribution in [0.5, 0.6) is 0 Å². The number of halogens is 1. The number of hydrogen-bond donors (Lipinski definition) is 0. The first kappa shape index (κ1) is 27.2. The van der Waals surface area contributed by atoms with Gasteiger partial charge in [-0.15, -0.1) is 0 Å². The van der Waals surface area contributed by atoms with Gasteiger partial charge in [-0.2, -0.15) is 0 Å². The lowest BCUT2D eigenvalue weighted by Crippen LogP contribution is -3.00. The number of thiazole rings is 1. The molecule has 1 aromatic heterocycles. The molecule has 0 N–H and O–H groups in total. The van der Waals surface area contributed by atoms with Crippen molar-refractivity contribution in [2.24, 2.45) is 0 Å². The average Bonchev–Trinajstić information content (AvgIpc) is 3.02. The average molecular weight is 514 g/mol. The van der Waals surface area contributed by atoms with Gasteiger partial charge in [0.05, 0.1) is 24.5 Å². The highest BCUT2D eigenvalue weighted by Gasteiger charge is 2.31. The molecule has 1 aliphatic heterocycles. The maximum absolute atomic E-state index is 2.75.